The average molecular weight is 355 g/mol. The fourth-order valence-electron chi connectivity index (χ4n) is 2.74. The molecule has 26 heavy (non-hydrogen) atoms. The summed E-state index contributed by atoms with van der Waals surface area (Å²) in [6.07, 6.45) is 2.63. The molecule has 0 saturated carbocycles. The first kappa shape index (κ1) is 19.7. The van der Waals surface area contributed by atoms with E-state index in [0.717, 1.165) is 40.5 Å². The molecule has 4 nitrogen and oxygen atoms in total. The second-order valence-corrected chi connectivity index (χ2v) is 5.75. The topological polar surface area (TPSA) is 39.7 Å². The third-order valence-electron chi connectivity index (χ3n) is 3.81. The molecule has 0 unspecified atom stereocenters. The fraction of sp³-hybridized carbons (Fsp3) is 0.364. The van der Waals surface area contributed by atoms with E-state index in [9.17, 15) is 0 Å². The molecule has 140 valence electrons. The van der Waals surface area contributed by atoms with E-state index in [2.05, 4.69) is 18.0 Å². The number of rotatable bonds is 11. The van der Waals surface area contributed by atoms with E-state index in [1.165, 1.54) is 0 Å². The predicted octanol–water partition coefficient (Wildman–Crippen LogP) is 5.22. The van der Waals surface area contributed by atoms with Crippen LogP contribution in [0.3, 0.4) is 0 Å². The van der Waals surface area contributed by atoms with Gasteiger partial charge in [-0.2, -0.15) is 0 Å². The number of hydrogen-bond donors (Lipinski definition) is 1. The van der Waals surface area contributed by atoms with Crippen LogP contribution < -0.4 is 19.5 Å². The molecule has 0 atom stereocenters. The Labute approximate surface area is 156 Å². The smallest absolute Gasteiger partial charge is 0.164 e. The average Bonchev–Trinajstić information content (AvgIpc) is 2.64. The van der Waals surface area contributed by atoms with Gasteiger partial charge in [-0.15, -0.1) is 6.58 Å². The maximum atomic E-state index is 5.82. The van der Waals surface area contributed by atoms with Crippen molar-refractivity contribution >= 4 is 5.69 Å². The zero-order valence-electron chi connectivity index (χ0n) is 16.0. The number of ether oxygens (including phenoxy) is 3. The lowest BCUT2D eigenvalue weighted by molar-refractivity contribution is 0.285. The minimum absolute atomic E-state index is 0.601. The van der Waals surface area contributed by atoms with Gasteiger partial charge >= 0.3 is 0 Å². The molecule has 0 aliphatic rings. The Kier molecular flexibility index (Phi) is 7.87. The van der Waals surface area contributed by atoms with Gasteiger partial charge in [0.25, 0.3) is 0 Å². The van der Waals surface area contributed by atoms with Crippen molar-refractivity contribution in [2.24, 2.45) is 0 Å². The van der Waals surface area contributed by atoms with E-state index in [4.69, 9.17) is 14.2 Å². The van der Waals surface area contributed by atoms with Crippen LogP contribution in [0, 0.1) is 0 Å². The molecule has 0 saturated heterocycles. The molecule has 0 bridgehead atoms. The molecule has 1 N–H and O–H groups in total. The second kappa shape index (κ2) is 10.4. The lowest BCUT2D eigenvalue weighted by atomic mass is 10.1. The molecule has 0 amide bonds. The molecule has 2 rings (SSSR count). The van der Waals surface area contributed by atoms with Gasteiger partial charge in [-0.3, -0.25) is 0 Å². The first-order chi connectivity index (χ1) is 12.7. The Morgan fingerprint density at radius 2 is 1.62 bits per heavy atom. The minimum Gasteiger partial charge on any atom is -0.494 e. The Bertz CT molecular complexity index is 695. The standard InChI is InChI=1S/C22H29NO3/c1-5-9-18-14-17(15-21(25-7-3)22(18)26-8-4)16-23-19-10-12-20(13-11-19)24-6-2/h5,10-15,23H,1,6-9,16H2,2-4H3. The lowest BCUT2D eigenvalue weighted by Gasteiger charge is -2.17. The van der Waals surface area contributed by atoms with Crippen molar-refractivity contribution in [2.45, 2.75) is 33.7 Å². The minimum atomic E-state index is 0.601. The summed E-state index contributed by atoms with van der Waals surface area (Å²) in [5.74, 6) is 2.49. The monoisotopic (exact) mass is 355 g/mol. The largest absolute Gasteiger partial charge is 0.494 e. The van der Waals surface area contributed by atoms with Crippen LogP contribution in [0.1, 0.15) is 31.9 Å². The summed E-state index contributed by atoms with van der Waals surface area (Å²) < 4.78 is 17.1. The van der Waals surface area contributed by atoms with Gasteiger partial charge < -0.3 is 19.5 Å². The SMILES string of the molecule is C=CCc1cc(CNc2ccc(OCC)cc2)cc(OCC)c1OCC. The van der Waals surface area contributed by atoms with Crippen molar-refractivity contribution < 1.29 is 14.2 Å². The molecular weight excluding hydrogens is 326 g/mol. The van der Waals surface area contributed by atoms with Gasteiger partial charge in [0.2, 0.25) is 0 Å². The highest BCUT2D eigenvalue weighted by atomic mass is 16.5. The zero-order valence-corrected chi connectivity index (χ0v) is 16.0. The van der Waals surface area contributed by atoms with Crippen LogP contribution in [0.2, 0.25) is 0 Å². The van der Waals surface area contributed by atoms with Crippen LogP contribution in [0.5, 0.6) is 17.2 Å². The Hall–Kier alpha value is -2.62. The van der Waals surface area contributed by atoms with Gasteiger partial charge in [0, 0.05) is 17.8 Å². The Morgan fingerprint density at radius 3 is 2.23 bits per heavy atom. The summed E-state index contributed by atoms with van der Waals surface area (Å²) in [5, 5.41) is 3.44. The summed E-state index contributed by atoms with van der Waals surface area (Å²) in [6.45, 7) is 12.4. The van der Waals surface area contributed by atoms with Gasteiger partial charge in [-0.25, -0.2) is 0 Å². The van der Waals surface area contributed by atoms with E-state index in [1.54, 1.807) is 0 Å². The molecule has 2 aromatic carbocycles. The lowest BCUT2D eigenvalue weighted by Crippen LogP contribution is -2.05. The summed E-state index contributed by atoms with van der Waals surface area (Å²) in [7, 11) is 0. The van der Waals surface area contributed by atoms with Gasteiger partial charge in [-0.1, -0.05) is 6.08 Å². The zero-order chi connectivity index (χ0) is 18.8. The van der Waals surface area contributed by atoms with Crippen molar-refractivity contribution in [3.05, 3.63) is 60.2 Å². The maximum absolute atomic E-state index is 5.82. The highest BCUT2D eigenvalue weighted by Gasteiger charge is 2.13. The third-order valence-corrected chi connectivity index (χ3v) is 3.81. The van der Waals surface area contributed by atoms with Crippen molar-refractivity contribution in [2.75, 3.05) is 25.1 Å². The normalized spacial score (nSPS) is 10.3. The molecule has 4 heteroatoms. The van der Waals surface area contributed by atoms with Crippen LogP contribution >= 0.6 is 0 Å². The Balaban J connectivity index is 2.18. The van der Waals surface area contributed by atoms with Crippen molar-refractivity contribution in [3.63, 3.8) is 0 Å². The molecule has 0 radical (unpaired) electrons. The molecule has 0 aromatic heterocycles. The van der Waals surface area contributed by atoms with Gasteiger partial charge in [0.05, 0.1) is 19.8 Å². The van der Waals surface area contributed by atoms with Gasteiger partial charge in [0.15, 0.2) is 11.5 Å². The van der Waals surface area contributed by atoms with E-state index < -0.39 is 0 Å². The highest BCUT2D eigenvalue weighted by Crippen LogP contribution is 2.34. The van der Waals surface area contributed by atoms with Gasteiger partial charge in [-0.05, 0) is 69.2 Å². The van der Waals surface area contributed by atoms with Gasteiger partial charge in [0.1, 0.15) is 5.75 Å². The maximum Gasteiger partial charge on any atom is 0.164 e. The first-order valence-electron chi connectivity index (χ1n) is 9.20. The molecule has 2 aromatic rings. The van der Waals surface area contributed by atoms with E-state index >= 15 is 0 Å². The van der Waals surface area contributed by atoms with Crippen molar-refractivity contribution in [1.82, 2.24) is 0 Å². The predicted molar refractivity (Wildman–Crippen MR) is 108 cm³/mol. The molecule has 0 fully saturated rings. The number of benzene rings is 2. The van der Waals surface area contributed by atoms with Crippen LogP contribution in [-0.4, -0.2) is 19.8 Å². The van der Waals surface area contributed by atoms with E-state index in [1.807, 2.05) is 57.2 Å². The summed E-state index contributed by atoms with van der Waals surface area (Å²) in [5.41, 5.74) is 3.28. The molecule has 0 spiro atoms. The van der Waals surface area contributed by atoms with Crippen molar-refractivity contribution in [1.29, 1.82) is 0 Å². The van der Waals surface area contributed by atoms with Crippen molar-refractivity contribution in [3.8, 4) is 17.2 Å². The Morgan fingerprint density at radius 1 is 0.923 bits per heavy atom. The van der Waals surface area contributed by atoms with Crippen LogP contribution in [-0.2, 0) is 13.0 Å². The summed E-state index contributed by atoms with van der Waals surface area (Å²) in [6, 6.07) is 12.2. The van der Waals surface area contributed by atoms with Crippen LogP contribution in [0.25, 0.3) is 0 Å². The number of hydrogen-bond acceptors (Lipinski definition) is 4. The second-order valence-electron chi connectivity index (χ2n) is 5.75. The van der Waals surface area contributed by atoms with Crippen LogP contribution in [0.15, 0.2) is 49.1 Å². The van der Waals surface area contributed by atoms with E-state index in [-0.39, 0.29) is 0 Å². The van der Waals surface area contributed by atoms with Crippen LogP contribution in [0.4, 0.5) is 5.69 Å². The molecule has 0 heterocycles. The summed E-state index contributed by atoms with van der Waals surface area (Å²) >= 11 is 0. The number of allylic oxidation sites excluding steroid dienone is 1. The third kappa shape index (κ3) is 5.45. The summed E-state index contributed by atoms with van der Waals surface area (Å²) in [4.78, 5) is 0. The highest BCUT2D eigenvalue weighted by molar-refractivity contribution is 5.52. The van der Waals surface area contributed by atoms with E-state index in [0.29, 0.717) is 26.4 Å². The molecular formula is C22H29NO3. The fourth-order valence-corrected chi connectivity index (χ4v) is 2.74. The quantitative estimate of drug-likeness (QED) is 0.561. The first-order valence-corrected chi connectivity index (χ1v) is 9.20. The molecule has 0 aliphatic heterocycles. The number of anilines is 1. The number of nitrogens with one attached hydrogen (secondary N) is 1. The molecule has 0 aliphatic carbocycles.